The van der Waals surface area contributed by atoms with Crippen LogP contribution in [0, 0.1) is 12.8 Å². The minimum atomic E-state index is -4.65. The maximum Gasteiger partial charge on any atom is 0.418 e. The fourth-order valence-electron chi connectivity index (χ4n) is 4.99. The lowest BCUT2D eigenvalue weighted by molar-refractivity contribution is -0.137. The molecule has 1 unspecified atom stereocenters. The molecule has 1 saturated carbocycles. The largest absolute Gasteiger partial charge is 0.423 e. The highest BCUT2D eigenvalue weighted by atomic mass is 35.5. The molecule has 1 aliphatic carbocycles. The third kappa shape index (κ3) is 3.62. The van der Waals surface area contributed by atoms with Gasteiger partial charge in [0.1, 0.15) is 5.54 Å². The van der Waals surface area contributed by atoms with Crippen molar-refractivity contribution >= 4 is 23.3 Å². The average molecular weight is 482 g/mol. The first-order valence-electron chi connectivity index (χ1n) is 10.3. The van der Waals surface area contributed by atoms with Crippen molar-refractivity contribution in [2.75, 3.05) is 5.32 Å². The van der Waals surface area contributed by atoms with Gasteiger partial charge in [-0.25, -0.2) is 4.79 Å². The number of carbonyl (C=O) groups is 1. The van der Waals surface area contributed by atoms with E-state index in [-0.39, 0.29) is 22.6 Å². The second-order valence-electron chi connectivity index (χ2n) is 8.55. The van der Waals surface area contributed by atoms with Crippen LogP contribution in [-0.2, 0) is 11.7 Å². The number of rotatable bonds is 3. The van der Waals surface area contributed by atoms with Crippen LogP contribution < -0.4 is 5.32 Å². The molecule has 3 heterocycles. The number of nitrogens with one attached hydrogen (secondary N) is 1. The Labute approximate surface area is 190 Å². The molecule has 3 atom stereocenters. The summed E-state index contributed by atoms with van der Waals surface area (Å²) in [6.07, 6.45) is -1.35. The summed E-state index contributed by atoms with van der Waals surface area (Å²) in [5.74, 6) is 1.13. The molecule has 2 amide bonds. The molecule has 9 nitrogen and oxygen atoms in total. The summed E-state index contributed by atoms with van der Waals surface area (Å²) in [6, 6.07) is 2.75. The van der Waals surface area contributed by atoms with Crippen molar-refractivity contribution < 1.29 is 22.4 Å². The van der Waals surface area contributed by atoms with E-state index in [1.165, 1.54) is 12.1 Å². The van der Waals surface area contributed by atoms with Gasteiger partial charge in [0.05, 0.1) is 17.4 Å². The quantitative estimate of drug-likeness (QED) is 0.588. The highest BCUT2D eigenvalue weighted by Crippen LogP contribution is 2.55. The van der Waals surface area contributed by atoms with Crippen molar-refractivity contribution in [3.8, 4) is 5.69 Å². The van der Waals surface area contributed by atoms with Gasteiger partial charge in [0.15, 0.2) is 5.15 Å². The molecule has 2 aliphatic rings. The van der Waals surface area contributed by atoms with E-state index in [1.54, 1.807) is 11.8 Å². The van der Waals surface area contributed by atoms with E-state index in [4.69, 9.17) is 16.0 Å². The molecule has 3 aromatic rings. The molecule has 1 saturated heterocycles. The number of likely N-dealkylation sites (tertiary alicyclic amines) is 1. The lowest BCUT2D eigenvalue weighted by Gasteiger charge is -2.61. The number of benzene rings is 1. The summed E-state index contributed by atoms with van der Waals surface area (Å²) >= 11 is 5.74. The van der Waals surface area contributed by atoms with Gasteiger partial charge in [0.2, 0.25) is 11.8 Å². The number of hydrogen-bond acceptors (Lipinski definition) is 6. The molecule has 2 aromatic heterocycles. The van der Waals surface area contributed by atoms with E-state index < -0.39 is 23.3 Å². The van der Waals surface area contributed by atoms with Crippen molar-refractivity contribution in [1.29, 1.82) is 0 Å². The Morgan fingerprint density at radius 2 is 2.09 bits per heavy atom. The summed E-state index contributed by atoms with van der Waals surface area (Å²) < 4.78 is 46.3. The predicted molar refractivity (Wildman–Crippen MR) is 110 cm³/mol. The summed E-state index contributed by atoms with van der Waals surface area (Å²) in [5.41, 5.74) is -1.88. The van der Waals surface area contributed by atoms with Gasteiger partial charge in [-0.1, -0.05) is 18.5 Å². The Bertz CT molecular complexity index is 1230. The van der Waals surface area contributed by atoms with Crippen molar-refractivity contribution in [2.24, 2.45) is 5.92 Å². The van der Waals surface area contributed by atoms with Gasteiger partial charge in [-0.2, -0.15) is 18.3 Å². The van der Waals surface area contributed by atoms with Gasteiger partial charge in [0, 0.05) is 25.1 Å². The van der Waals surface area contributed by atoms with Crippen LogP contribution in [0.2, 0.25) is 5.15 Å². The molecule has 1 aromatic carbocycles. The number of aryl methyl sites for hydroxylation is 1. The molecule has 33 heavy (non-hydrogen) atoms. The molecule has 2 fully saturated rings. The number of halogens is 4. The highest BCUT2D eigenvalue weighted by Gasteiger charge is 2.62. The van der Waals surface area contributed by atoms with Gasteiger partial charge in [0.25, 0.3) is 0 Å². The third-order valence-corrected chi connectivity index (χ3v) is 6.31. The third-order valence-electron chi connectivity index (χ3n) is 6.14. The molecule has 0 spiro atoms. The van der Waals surface area contributed by atoms with Gasteiger partial charge < -0.3 is 14.6 Å². The number of urea groups is 1. The SMILES string of the molecule is Cc1nnc(C23C[C@H](C)C[C@H](C2)N3C(=O)Nc2ccc(C(F)(F)F)c(-n3ncc(Cl)n3)c2)o1. The molecule has 1 N–H and O–H groups in total. The molecule has 1 aliphatic heterocycles. The summed E-state index contributed by atoms with van der Waals surface area (Å²) in [7, 11) is 0. The molecular formula is C20H19ClF3N7O2. The molecular weight excluding hydrogens is 463 g/mol. The van der Waals surface area contributed by atoms with Gasteiger partial charge in [-0.05, 0) is 37.0 Å². The number of carbonyl (C=O) groups excluding carboxylic acids is 1. The number of alkyl halides is 3. The Morgan fingerprint density at radius 1 is 1.30 bits per heavy atom. The van der Waals surface area contributed by atoms with Crippen molar-refractivity contribution in [2.45, 2.75) is 50.9 Å². The van der Waals surface area contributed by atoms with Gasteiger partial charge in [-0.15, -0.1) is 20.1 Å². The predicted octanol–water partition coefficient (Wildman–Crippen LogP) is 4.56. The van der Waals surface area contributed by atoms with Gasteiger partial charge >= 0.3 is 12.2 Å². The van der Waals surface area contributed by atoms with Crippen molar-refractivity contribution in [3.05, 3.63) is 46.9 Å². The summed E-state index contributed by atoms with van der Waals surface area (Å²) in [4.78, 5) is 15.7. The second kappa shape index (κ2) is 7.44. The summed E-state index contributed by atoms with van der Waals surface area (Å²) in [6.45, 7) is 3.78. The van der Waals surface area contributed by atoms with E-state index in [2.05, 4.69) is 32.6 Å². The molecule has 0 radical (unpaired) electrons. The first-order valence-corrected chi connectivity index (χ1v) is 10.6. The van der Waals surface area contributed by atoms with Crippen LogP contribution in [0.5, 0.6) is 0 Å². The van der Waals surface area contributed by atoms with Crippen LogP contribution in [0.15, 0.2) is 28.8 Å². The van der Waals surface area contributed by atoms with Crippen LogP contribution >= 0.6 is 11.6 Å². The molecule has 2 bridgehead atoms. The smallest absolute Gasteiger partial charge is 0.418 e. The zero-order valence-electron chi connectivity index (χ0n) is 17.6. The Morgan fingerprint density at radius 3 is 2.73 bits per heavy atom. The number of piperidine rings is 1. The fraction of sp³-hybridized carbons (Fsp3) is 0.450. The fourth-order valence-corrected chi connectivity index (χ4v) is 5.11. The Hall–Kier alpha value is -3.15. The minimum absolute atomic E-state index is 0.0264. The highest BCUT2D eigenvalue weighted by molar-refractivity contribution is 6.29. The van der Waals surface area contributed by atoms with E-state index in [9.17, 15) is 18.0 Å². The maximum absolute atomic E-state index is 13.5. The van der Waals surface area contributed by atoms with E-state index >= 15 is 0 Å². The first kappa shape index (κ1) is 21.7. The zero-order valence-corrected chi connectivity index (χ0v) is 18.4. The number of fused-ring (bicyclic) bond motifs is 2. The monoisotopic (exact) mass is 481 g/mol. The topological polar surface area (TPSA) is 102 Å². The normalized spacial score (nSPS) is 24.5. The first-order chi connectivity index (χ1) is 15.6. The Kier molecular flexibility index (Phi) is 4.89. The minimum Gasteiger partial charge on any atom is -0.423 e. The standard InChI is InChI=1S/C20H19ClF3N7O2/c1-10-5-13-8-19(7-10,17-28-27-11(2)33-17)30(13)18(32)26-12-3-4-14(20(22,23)24)15(6-12)31-25-9-16(21)29-31/h3-4,6,9-10,13H,5,7-8H2,1-2H3,(H,26,32)/t10-,13-,19?/m1/s1. The number of aromatic nitrogens is 5. The summed E-state index contributed by atoms with van der Waals surface area (Å²) in [5, 5.41) is 18.3. The van der Waals surface area contributed by atoms with Crippen molar-refractivity contribution in [1.82, 2.24) is 30.1 Å². The van der Waals surface area contributed by atoms with Crippen LogP contribution in [0.25, 0.3) is 5.69 Å². The van der Waals surface area contributed by atoms with Crippen molar-refractivity contribution in [3.63, 3.8) is 0 Å². The van der Waals surface area contributed by atoms with E-state index in [0.717, 1.165) is 23.5 Å². The van der Waals surface area contributed by atoms with Crippen LogP contribution in [-0.4, -0.2) is 42.2 Å². The molecule has 13 heteroatoms. The number of nitrogens with zero attached hydrogens (tertiary/aromatic N) is 6. The van der Waals surface area contributed by atoms with Crippen LogP contribution in [0.1, 0.15) is 43.5 Å². The van der Waals surface area contributed by atoms with Crippen LogP contribution in [0.3, 0.4) is 0 Å². The number of hydrogen-bond donors (Lipinski definition) is 1. The number of anilines is 1. The Balaban J connectivity index is 1.46. The average Bonchev–Trinajstić information content (AvgIpc) is 3.35. The van der Waals surface area contributed by atoms with E-state index in [0.29, 0.717) is 30.5 Å². The van der Waals surface area contributed by atoms with E-state index in [1.807, 2.05) is 0 Å². The molecule has 5 rings (SSSR count). The lowest BCUT2D eigenvalue weighted by atomic mass is 9.64. The second-order valence-corrected chi connectivity index (χ2v) is 8.93. The van der Waals surface area contributed by atoms with Gasteiger partial charge in [-0.3, -0.25) is 0 Å². The maximum atomic E-state index is 13.5. The number of amides is 2. The molecule has 174 valence electrons. The zero-order chi connectivity index (χ0) is 23.5. The van der Waals surface area contributed by atoms with Crippen LogP contribution in [0.4, 0.5) is 23.7 Å². The lowest BCUT2D eigenvalue weighted by Crippen LogP contribution is -2.70.